The molecule has 108 valence electrons. The van der Waals surface area contributed by atoms with E-state index in [1.165, 1.54) is 4.90 Å². The number of urea groups is 1. The van der Waals surface area contributed by atoms with E-state index in [2.05, 4.69) is 10.6 Å². The Hall–Kier alpha value is -1.79. The fourth-order valence-electron chi connectivity index (χ4n) is 2.04. The van der Waals surface area contributed by atoms with Gasteiger partial charge in [0, 0.05) is 20.1 Å². The van der Waals surface area contributed by atoms with Gasteiger partial charge in [-0.05, 0) is 25.7 Å². The Labute approximate surface area is 112 Å². The number of hydrogen-bond acceptors (Lipinski definition) is 3. The second kappa shape index (κ2) is 6.96. The van der Waals surface area contributed by atoms with Crippen molar-refractivity contribution in [1.29, 1.82) is 0 Å². The molecule has 0 atom stereocenters. The number of likely N-dealkylation sites (N-methyl/N-ethyl adjacent to an activating group) is 1. The smallest absolute Gasteiger partial charge is 0.315 e. The Balaban J connectivity index is 2.23. The molecule has 0 heterocycles. The first kappa shape index (κ1) is 15.3. The molecule has 0 unspecified atom stereocenters. The summed E-state index contributed by atoms with van der Waals surface area (Å²) >= 11 is 0. The van der Waals surface area contributed by atoms with Crippen LogP contribution >= 0.6 is 0 Å². The average Bonchev–Trinajstić information content (AvgIpc) is 2.36. The van der Waals surface area contributed by atoms with Gasteiger partial charge in [0.15, 0.2) is 0 Å². The summed E-state index contributed by atoms with van der Waals surface area (Å²) in [6, 6.07) is -0.390. The quantitative estimate of drug-likeness (QED) is 0.671. The van der Waals surface area contributed by atoms with Crippen LogP contribution in [0.25, 0.3) is 0 Å². The highest BCUT2D eigenvalue weighted by Crippen LogP contribution is 2.24. The number of nitrogens with one attached hydrogen (secondary N) is 2. The van der Waals surface area contributed by atoms with E-state index in [9.17, 15) is 14.4 Å². The van der Waals surface area contributed by atoms with E-state index in [0.717, 1.165) is 0 Å². The Kier molecular flexibility index (Phi) is 5.59. The molecule has 0 aromatic heterocycles. The van der Waals surface area contributed by atoms with Crippen molar-refractivity contribution in [3.05, 3.63) is 0 Å². The topological polar surface area (TPSA) is 98.7 Å². The number of carbonyl (C=O) groups is 3. The number of nitrogens with zero attached hydrogens (tertiary/aromatic N) is 1. The van der Waals surface area contributed by atoms with Crippen LogP contribution in [0, 0.1) is 5.92 Å². The first-order valence-electron chi connectivity index (χ1n) is 6.37. The van der Waals surface area contributed by atoms with Gasteiger partial charge >= 0.3 is 12.0 Å². The second-order valence-corrected chi connectivity index (χ2v) is 5.00. The number of carboxylic acids is 1. The monoisotopic (exact) mass is 271 g/mol. The summed E-state index contributed by atoms with van der Waals surface area (Å²) in [6.07, 6.45) is 2.48. The van der Waals surface area contributed by atoms with E-state index in [4.69, 9.17) is 5.11 Å². The third-order valence-corrected chi connectivity index (χ3v) is 3.31. The lowest BCUT2D eigenvalue weighted by molar-refractivity contribution is -0.142. The number of aliphatic carboxylic acids is 1. The minimum atomic E-state index is -0.764. The van der Waals surface area contributed by atoms with Gasteiger partial charge in [-0.25, -0.2) is 4.79 Å². The van der Waals surface area contributed by atoms with E-state index >= 15 is 0 Å². The van der Waals surface area contributed by atoms with Crippen LogP contribution in [-0.2, 0) is 9.59 Å². The molecule has 7 heteroatoms. The van der Waals surface area contributed by atoms with Gasteiger partial charge in [-0.2, -0.15) is 0 Å². The SMILES string of the molecule is CN(C)C(=O)CNC(=O)NC1CCC(C(=O)O)CC1. The highest BCUT2D eigenvalue weighted by Gasteiger charge is 2.26. The first-order valence-corrected chi connectivity index (χ1v) is 6.37. The number of carbonyl (C=O) groups excluding carboxylic acids is 2. The summed E-state index contributed by atoms with van der Waals surface area (Å²) in [5.74, 6) is -1.24. The predicted molar refractivity (Wildman–Crippen MR) is 68.6 cm³/mol. The maximum atomic E-state index is 11.5. The van der Waals surface area contributed by atoms with Crippen LogP contribution in [-0.4, -0.2) is 54.6 Å². The molecule has 0 aromatic carbocycles. The molecule has 1 aliphatic rings. The molecule has 0 aromatic rings. The second-order valence-electron chi connectivity index (χ2n) is 5.00. The minimum absolute atomic E-state index is 0.00921. The Bertz CT molecular complexity index is 349. The molecule has 1 aliphatic carbocycles. The first-order chi connectivity index (χ1) is 8.90. The van der Waals surface area contributed by atoms with Crippen molar-refractivity contribution < 1.29 is 19.5 Å². The highest BCUT2D eigenvalue weighted by atomic mass is 16.4. The van der Waals surface area contributed by atoms with Gasteiger partial charge in [0.05, 0.1) is 12.5 Å². The summed E-state index contributed by atoms with van der Waals surface area (Å²) in [7, 11) is 3.24. The molecule has 0 bridgehead atoms. The zero-order chi connectivity index (χ0) is 14.4. The molecule has 0 saturated heterocycles. The lowest BCUT2D eigenvalue weighted by Crippen LogP contribution is -2.46. The largest absolute Gasteiger partial charge is 0.481 e. The number of hydrogen-bond donors (Lipinski definition) is 3. The van der Waals surface area contributed by atoms with Crippen molar-refractivity contribution in [2.24, 2.45) is 5.92 Å². The summed E-state index contributed by atoms with van der Waals surface area (Å²) < 4.78 is 0. The van der Waals surface area contributed by atoms with Crippen molar-refractivity contribution >= 4 is 17.9 Å². The standard InChI is InChI=1S/C12H21N3O4/c1-15(2)10(16)7-13-12(19)14-9-5-3-8(4-6-9)11(17)18/h8-9H,3-7H2,1-2H3,(H,17,18)(H2,13,14,19). The van der Waals surface area contributed by atoms with Gasteiger partial charge in [0.2, 0.25) is 5.91 Å². The molecular formula is C12H21N3O4. The van der Waals surface area contributed by atoms with Crippen LogP contribution in [0.15, 0.2) is 0 Å². The van der Waals surface area contributed by atoms with Crippen molar-refractivity contribution in [3.63, 3.8) is 0 Å². The third-order valence-electron chi connectivity index (χ3n) is 3.31. The number of rotatable bonds is 4. The van der Waals surface area contributed by atoms with Crippen LogP contribution in [0.1, 0.15) is 25.7 Å². The van der Waals surface area contributed by atoms with Gasteiger partial charge in [-0.1, -0.05) is 0 Å². The van der Waals surface area contributed by atoms with Crippen molar-refractivity contribution in [3.8, 4) is 0 Å². The van der Waals surface area contributed by atoms with Crippen LogP contribution < -0.4 is 10.6 Å². The third kappa shape index (κ3) is 5.15. The minimum Gasteiger partial charge on any atom is -0.481 e. The van der Waals surface area contributed by atoms with Gasteiger partial charge < -0.3 is 20.6 Å². The van der Waals surface area contributed by atoms with Gasteiger partial charge in [0.25, 0.3) is 0 Å². The van der Waals surface area contributed by atoms with Crippen molar-refractivity contribution in [2.75, 3.05) is 20.6 Å². The molecule has 0 spiro atoms. The summed E-state index contributed by atoms with van der Waals surface area (Å²) in [6.45, 7) is -0.0384. The molecule has 19 heavy (non-hydrogen) atoms. The molecule has 7 nitrogen and oxygen atoms in total. The van der Waals surface area contributed by atoms with E-state index in [0.29, 0.717) is 25.7 Å². The normalized spacial score (nSPS) is 22.4. The molecule has 3 N–H and O–H groups in total. The maximum Gasteiger partial charge on any atom is 0.315 e. The van der Waals surface area contributed by atoms with E-state index < -0.39 is 5.97 Å². The van der Waals surface area contributed by atoms with E-state index in [1.807, 2.05) is 0 Å². The Morgan fingerprint density at radius 3 is 2.21 bits per heavy atom. The van der Waals surface area contributed by atoms with Gasteiger partial charge in [-0.15, -0.1) is 0 Å². The molecule has 1 fully saturated rings. The summed E-state index contributed by atoms with van der Waals surface area (Å²) in [4.78, 5) is 35.0. The molecule has 0 radical (unpaired) electrons. The van der Waals surface area contributed by atoms with Gasteiger partial charge in [-0.3, -0.25) is 9.59 Å². The Morgan fingerprint density at radius 2 is 1.74 bits per heavy atom. The molecule has 1 saturated carbocycles. The zero-order valence-electron chi connectivity index (χ0n) is 11.3. The van der Waals surface area contributed by atoms with Crippen LogP contribution in [0.2, 0.25) is 0 Å². The predicted octanol–water partition coefficient (Wildman–Crippen LogP) is 0.0172. The molecule has 1 rings (SSSR count). The molecule has 0 aliphatic heterocycles. The average molecular weight is 271 g/mol. The summed E-state index contributed by atoms with van der Waals surface area (Å²) in [5, 5.41) is 14.1. The van der Waals surface area contributed by atoms with Crippen molar-refractivity contribution in [2.45, 2.75) is 31.7 Å². The van der Waals surface area contributed by atoms with E-state index in [-0.39, 0.29) is 30.4 Å². The van der Waals surface area contributed by atoms with E-state index in [1.54, 1.807) is 14.1 Å². The number of amides is 3. The Morgan fingerprint density at radius 1 is 1.16 bits per heavy atom. The molecular weight excluding hydrogens is 250 g/mol. The van der Waals surface area contributed by atoms with Crippen LogP contribution in [0.3, 0.4) is 0 Å². The van der Waals surface area contributed by atoms with Gasteiger partial charge in [0.1, 0.15) is 0 Å². The fraction of sp³-hybridized carbons (Fsp3) is 0.750. The maximum absolute atomic E-state index is 11.5. The fourth-order valence-corrected chi connectivity index (χ4v) is 2.04. The number of carboxylic acid groups (broad SMARTS) is 1. The molecule has 3 amide bonds. The lowest BCUT2D eigenvalue weighted by Gasteiger charge is -2.26. The zero-order valence-corrected chi connectivity index (χ0v) is 11.3. The van der Waals surface area contributed by atoms with Crippen LogP contribution in [0.4, 0.5) is 4.79 Å². The van der Waals surface area contributed by atoms with Crippen molar-refractivity contribution in [1.82, 2.24) is 15.5 Å². The lowest BCUT2D eigenvalue weighted by atomic mass is 9.86. The highest BCUT2D eigenvalue weighted by molar-refractivity contribution is 5.83. The van der Waals surface area contributed by atoms with Crippen LogP contribution in [0.5, 0.6) is 0 Å². The summed E-state index contributed by atoms with van der Waals surface area (Å²) in [5.41, 5.74) is 0.